The number of likely N-dealkylation sites (N-methyl/N-ethyl adjacent to an activating group) is 1. The number of hydrogen-bond acceptors (Lipinski definition) is 2. The van der Waals surface area contributed by atoms with Crippen molar-refractivity contribution >= 4 is 0 Å². The van der Waals surface area contributed by atoms with Crippen molar-refractivity contribution in [1.82, 2.24) is 5.06 Å². The summed E-state index contributed by atoms with van der Waals surface area (Å²) in [4.78, 5) is 5.47. The minimum Gasteiger partial charge on any atom is -0.406 e. The normalized spacial score (nSPS) is 17.2. The second-order valence-electron chi connectivity index (χ2n) is 2.80. The number of rotatable bonds is 0. The van der Waals surface area contributed by atoms with Crippen LogP contribution in [0.4, 0.5) is 0 Å². The van der Waals surface area contributed by atoms with E-state index in [0.717, 1.165) is 18.7 Å². The maximum absolute atomic E-state index is 5.47. The van der Waals surface area contributed by atoms with Crippen LogP contribution in [0.5, 0.6) is 5.75 Å². The van der Waals surface area contributed by atoms with E-state index in [1.54, 1.807) is 0 Å². The lowest BCUT2D eigenvalue weighted by molar-refractivity contribution is -0.0422. The molecule has 0 atom stereocenters. The molecule has 0 radical (unpaired) electrons. The third-order valence-electron chi connectivity index (χ3n) is 1.92. The summed E-state index contributed by atoms with van der Waals surface area (Å²) < 4.78 is 0. The van der Waals surface area contributed by atoms with E-state index in [2.05, 4.69) is 6.07 Å². The molecular weight excluding hydrogens is 138 g/mol. The van der Waals surface area contributed by atoms with E-state index in [9.17, 15) is 0 Å². The van der Waals surface area contributed by atoms with Crippen LogP contribution >= 0.6 is 0 Å². The molecule has 1 heterocycles. The summed E-state index contributed by atoms with van der Waals surface area (Å²) in [7, 11) is 1.95. The Balaban J connectivity index is 2.34. The summed E-state index contributed by atoms with van der Waals surface area (Å²) in [6.07, 6.45) is 1.09. The second kappa shape index (κ2) is 2.55. The van der Waals surface area contributed by atoms with Gasteiger partial charge in [0.2, 0.25) is 0 Å². The smallest absolute Gasteiger partial charge is 0.150 e. The van der Waals surface area contributed by atoms with Gasteiger partial charge in [0, 0.05) is 13.6 Å². The monoisotopic (exact) mass is 149 g/mol. The molecule has 1 aliphatic rings. The van der Waals surface area contributed by atoms with Crippen molar-refractivity contribution in [2.45, 2.75) is 6.42 Å². The molecule has 0 saturated carbocycles. The van der Waals surface area contributed by atoms with E-state index in [1.807, 2.05) is 30.3 Å². The molecule has 58 valence electrons. The molecular formula is C9H11NO. The minimum atomic E-state index is 0.983. The van der Waals surface area contributed by atoms with E-state index in [1.165, 1.54) is 5.56 Å². The van der Waals surface area contributed by atoms with Crippen molar-refractivity contribution in [2.75, 3.05) is 13.6 Å². The Kier molecular flexibility index (Phi) is 1.55. The lowest BCUT2D eigenvalue weighted by Crippen LogP contribution is -2.29. The first-order chi connectivity index (χ1) is 5.36. The fourth-order valence-electron chi connectivity index (χ4n) is 1.29. The highest BCUT2D eigenvalue weighted by atomic mass is 16.7. The largest absolute Gasteiger partial charge is 0.406 e. The maximum Gasteiger partial charge on any atom is 0.150 e. The van der Waals surface area contributed by atoms with Crippen LogP contribution in [0.15, 0.2) is 24.3 Å². The minimum absolute atomic E-state index is 0.983. The highest BCUT2D eigenvalue weighted by Crippen LogP contribution is 2.22. The standard InChI is InChI=1S/C9H11NO/c1-10-7-6-8-4-2-3-5-9(8)11-10/h2-5H,6-7H2,1H3. The summed E-state index contributed by atoms with van der Waals surface area (Å²) in [5, 5.41) is 1.86. The molecule has 0 amide bonds. The molecule has 1 aromatic carbocycles. The van der Waals surface area contributed by atoms with Crippen LogP contribution < -0.4 is 4.84 Å². The van der Waals surface area contributed by atoms with E-state index in [0.29, 0.717) is 0 Å². The van der Waals surface area contributed by atoms with Gasteiger partial charge in [0.25, 0.3) is 0 Å². The van der Waals surface area contributed by atoms with Crippen LogP contribution in [-0.4, -0.2) is 18.7 Å². The Labute approximate surface area is 66.3 Å². The van der Waals surface area contributed by atoms with Crippen LogP contribution in [0.25, 0.3) is 0 Å². The van der Waals surface area contributed by atoms with Crippen LogP contribution in [-0.2, 0) is 6.42 Å². The molecule has 0 saturated heterocycles. The van der Waals surface area contributed by atoms with Gasteiger partial charge < -0.3 is 4.84 Å². The molecule has 11 heavy (non-hydrogen) atoms. The third-order valence-corrected chi connectivity index (χ3v) is 1.92. The predicted molar refractivity (Wildman–Crippen MR) is 43.4 cm³/mol. The number of fused-ring (bicyclic) bond motifs is 1. The fourth-order valence-corrected chi connectivity index (χ4v) is 1.29. The topological polar surface area (TPSA) is 12.5 Å². The molecule has 0 fully saturated rings. The zero-order valence-corrected chi connectivity index (χ0v) is 6.58. The first-order valence-electron chi connectivity index (χ1n) is 3.83. The van der Waals surface area contributed by atoms with Gasteiger partial charge in [-0.15, -0.1) is 5.06 Å². The average Bonchev–Trinajstić information content (AvgIpc) is 2.04. The van der Waals surface area contributed by atoms with Crippen LogP contribution in [0.2, 0.25) is 0 Å². The Bertz CT molecular complexity index is 259. The van der Waals surface area contributed by atoms with Crippen molar-refractivity contribution in [3.63, 3.8) is 0 Å². The molecule has 0 aliphatic carbocycles. The first kappa shape index (κ1) is 6.68. The van der Waals surface area contributed by atoms with Gasteiger partial charge in [-0.2, -0.15) is 0 Å². The molecule has 0 N–H and O–H groups in total. The molecule has 1 aromatic rings. The summed E-state index contributed by atoms with van der Waals surface area (Å²) >= 11 is 0. The Morgan fingerprint density at radius 2 is 2.18 bits per heavy atom. The zero-order chi connectivity index (χ0) is 7.68. The molecule has 2 rings (SSSR count). The van der Waals surface area contributed by atoms with Crippen molar-refractivity contribution in [1.29, 1.82) is 0 Å². The lowest BCUT2D eigenvalue weighted by atomic mass is 10.1. The van der Waals surface area contributed by atoms with E-state index in [4.69, 9.17) is 4.84 Å². The summed E-state index contributed by atoms with van der Waals surface area (Å²) in [5.41, 5.74) is 1.31. The average molecular weight is 149 g/mol. The van der Waals surface area contributed by atoms with Crippen molar-refractivity contribution in [2.24, 2.45) is 0 Å². The van der Waals surface area contributed by atoms with Crippen molar-refractivity contribution in [3.05, 3.63) is 29.8 Å². The Morgan fingerprint density at radius 3 is 3.09 bits per heavy atom. The van der Waals surface area contributed by atoms with Crippen LogP contribution in [0.1, 0.15) is 5.56 Å². The number of nitrogens with zero attached hydrogens (tertiary/aromatic N) is 1. The number of hydroxylamine groups is 2. The third kappa shape index (κ3) is 1.21. The van der Waals surface area contributed by atoms with Gasteiger partial charge in [-0.25, -0.2) is 0 Å². The Hall–Kier alpha value is -1.02. The van der Waals surface area contributed by atoms with Gasteiger partial charge in [-0.05, 0) is 18.1 Å². The molecule has 2 nitrogen and oxygen atoms in total. The van der Waals surface area contributed by atoms with Gasteiger partial charge in [0.1, 0.15) is 0 Å². The number of para-hydroxylation sites is 1. The molecule has 0 spiro atoms. The van der Waals surface area contributed by atoms with Crippen LogP contribution in [0.3, 0.4) is 0 Å². The molecule has 2 heteroatoms. The van der Waals surface area contributed by atoms with E-state index in [-0.39, 0.29) is 0 Å². The van der Waals surface area contributed by atoms with Crippen LogP contribution in [0, 0.1) is 0 Å². The molecule has 0 unspecified atom stereocenters. The predicted octanol–water partition coefficient (Wildman–Crippen LogP) is 1.47. The molecule has 0 bridgehead atoms. The van der Waals surface area contributed by atoms with Crippen molar-refractivity contribution < 1.29 is 4.84 Å². The second-order valence-corrected chi connectivity index (χ2v) is 2.80. The first-order valence-corrected chi connectivity index (χ1v) is 3.83. The Morgan fingerprint density at radius 1 is 1.36 bits per heavy atom. The fraction of sp³-hybridized carbons (Fsp3) is 0.333. The van der Waals surface area contributed by atoms with E-state index >= 15 is 0 Å². The molecule has 1 aliphatic heterocycles. The van der Waals surface area contributed by atoms with Crippen molar-refractivity contribution in [3.8, 4) is 5.75 Å². The zero-order valence-electron chi connectivity index (χ0n) is 6.58. The van der Waals surface area contributed by atoms with Gasteiger partial charge >= 0.3 is 0 Å². The van der Waals surface area contributed by atoms with Gasteiger partial charge in [-0.1, -0.05) is 18.2 Å². The highest BCUT2D eigenvalue weighted by Gasteiger charge is 2.12. The van der Waals surface area contributed by atoms with E-state index < -0.39 is 0 Å². The van der Waals surface area contributed by atoms with Gasteiger partial charge in [0.05, 0.1) is 0 Å². The summed E-state index contributed by atoms with van der Waals surface area (Å²) in [6.45, 7) is 0.983. The number of benzene rings is 1. The summed E-state index contributed by atoms with van der Waals surface area (Å²) in [6, 6.07) is 8.17. The van der Waals surface area contributed by atoms with Gasteiger partial charge in [0.15, 0.2) is 5.75 Å². The maximum atomic E-state index is 5.47. The highest BCUT2D eigenvalue weighted by molar-refractivity contribution is 5.34. The quantitative estimate of drug-likeness (QED) is 0.554. The summed E-state index contributed by atoms with van der Waals surface area (Å²) in [5.74, 6) is 1.00. The SMILES string of the molecule is CN1CCc2ccccc2O1. The van der Waals surface area contributed by atoms with Gasteiger partial charge in [-0.3, -0.25) is 0 Å². The number of hydrogen-bond donors (Lipinski definition) is 0. The molecule has 0 aromatic heterocycles. The lowest BCUT2D eigenvalue weighted by Gasteiger charge is -2.24.